The van der Waals surface area contributed by atoms with Gasteiger partial charge in [-0.15, -0.1) is 0 Å². The lowest BCUT2D eigenvalue weighted by atomic mass is 10.3. The number of carbonyl (C=O) groups excluding carboxylic acids is 1. The van der Waals surface area contributed by atoms with E-state index in [1.54, 1.807) is 31.2 Å². The van der Waals surface area contributed by atoms with E-state index >= 15 is 0 Å². The molecule has 5 heteroatoms. The minimum Gasteiger partial charge on any atom is -0.497 e. The first kappa shape index (κ1) is 14.5. The number of nitrogens with one attached hydrogen (secondary N) is 1. The number of hydrogen-bond acceptors (Lipinski definition) is 3. The summed E-state index contributed by atoms with van der Waals surface area (Å²) in [6.07, 6.45) is 0. The molecule has 1 N–H and O–H groups in total. The highest BCUT2D eigenvalue weighted by molar-refractivity contribution is 6.29. The molecule has 0 spiro atoms. The Morgan fingerprint density at radius 3 is 2.83 bits per heavy atom. The fraction of sp³-hybridized carbons (Fsp3) is 0.308. The topological polar surface area (TPSA) is 41.6 Å². The fourth-order valence-corrected chi connectivity index (χ4v) is 1.70. The number of anilines is 1. The van der Waals surface area contributed by atoms with Crippen molar-refractivity contribution in [1.82, 2.24) is 4.90 Å². The third-order valence-electron chi connectivity index (χ3n) is 2.21. The average Bonchev–Trinajstić information content (AvgIpc) is 2.27. The largest absolute Gasteiger partial charge is 0.497 e. The summed E-state index contributed by atoms with van der Waals surface area (Å²) >= 11 is 5.67. The fourth-order valence-electron chi connectivity index (χ4n) is 1.50. The van der Waals surface area contributed by atoms with Crippen LogP contribution in [0.1, 0.15) is 0 Å². The normalized spacial score (nSPS) is 10.2. The molecule has 0 saturated carbocycles. The molecular weight excluding hydrogens is 252 g/mol. The Labute approximate surface area is 112 Å². The molecule has 1 rings (SSSR count). The molecule has 98 valence electrons. The second kappa shape index (κ2) is 7.03. The zero-order chi connectivity index (χ0) is 13.5. The van der Waals surface area contributed by atoms with E-state index in [0.717, 1.165) is 0 Å². The number of hydrogen-bond donors (Lipinski definition) is 1. The van der Waals surface area contributed by atoms with Gasteiger partial charge in [0.05, 0.1) is 13.7 Å². The van der Waals surface area contributed by atoms with Crippen LogP contribution >= 0.6 is 11.6 Å². The Morgan fingerprint density at radius 2 is 2.22 bits per heavy atom. The van der Waals surface area contributed by atoms with Crippen LogP contribution in [-0.2, 0) is 4.79 Å². The van der Waals surface area contributed by atoms with E-state index in [9.17, 15) is 4.79 Å². The maximum atomic E-state index is 11.7. The van der Waals surface area contributed by atoms with Crippen molar-refractivity contribution in [3.8, 4) is 5.75 Å². The van der Waals surface area contributed by atoms with Gasteiger partial charge in [0.1, 0.15) is 5.75 Å². The summed E-state index contributed by atoms with van der Waals surface area (Å²) in [7, 11) is 3.39. The van der Waals surface area contributed by atoms with Crippen molar-refractivity contribution < 1.29 is 9.53 Å². The molecule has 0 heterocycles. The molecule has 1 aromatic carbocycles. The summed E-state index contributed by atoms with van der Waals surface area (Å²) in [5, 5.41) is 3.29. The van der Waals surface area contributed by atoms with Gasteiger partial charge in [0.15, 0.2) is 0 Å². The molecular formula is C13H17ClN2O2. The number of nitrogens with zero attached hydrogens (tertiary/aromatic N) is 1. The number of likely N-dealkylation sites (N-methyl/N-ethyl adjacent to an activating group) is 1. The Kier molecular flexibility index (Phi) is 5.68. The first-order valence-corrected chi connectivity index (χ1v) is 5.85. The van der Waals surface area contributed by atoms with Gasteiger partial charge >= 0.3 is 0 Å². The number of methoxy groups -OCH3 is 1. The highest BCUT2D eigenvalue weighted by Crippen LogP contribution is 2.16. The van der Waals surface area contributed by atoms with E-state index in [2.05, 4.69) is 11.9 Å². The van der Waals surface area contributed by atoms with Crippen molar-refractivity contribution in [2.75, 3.05) is 32.6 Å². The number of benzene rings is 1. The number of carbonyl (C=O) groups is 1. The lowest BCUT2D eigenvalue weighted by Crippen LogP contribution is -2.30. The molecule has 0 unspecified atom stereocenters. The highest BCUT2D eigenvalue weighted by atomic mass is 35.5. The summed E-state index contributed by atoms with van der Waals surface area (Å²) in [5.41, 5.74) is 0.706. The smallest absolute Gasteiger partial charge is 0.238 e. The summed E-state index contributed by atoms with van der Waals surface area (Å²) in [5.74, 6) is 0.596. The summed E-state index contributed by atoms with van der Waals surface area (Å²) in [6, 6.07) is 7.21. The van der Waals surface area contributed by atoms with Gasteiger partial charge in [0, 0.05) is 23.3 Å². The quantitative estimate of drug-likeness (QED) is 0.861. The van der Waals surface area contributed by atoms with Gasteiger partial charge in [-0.25, -0.2) is 0 Å². The second-order valence-electron chi connectivity index (χ2n) is 3.97. The van der Waals surface area contributed by atoms with E-state index < -0.39 is 0 Å². The Hall–Kier alpha value is -1.52. The molecule has 0 aliphatic heterocycles. The van der Waals surface area contributed by atoms with Crippen molar-refractivity contribution in [1.29, 1.82) is 0 Å². The van der Waals surface area contributed by atoms with Gasteiger partial charge in [-0.3, -0.25) is 9.69 Å². The molecule has 0 bridgehead atoms. The number of rotatable bonds is 6. The molecule has 18 heavy (non-hydrogen) atoms. The van der Waals surface area contributed by atoms with Crippen LogP contribution in [0.25, 0.3) is 0 Å². The van der Waals surface area contributed by atoms with Gasteiger partial charge in [0.25, 0.3) is 0 Å². The van der Waals surface area contributed by atoms with E-state index in [-0.39, 0.29) is 12.5 Å². The third kappa shape index (κ3) is 5.21. The second-order valence-corrected chi connectivity index (χ2v) is 4.50. The van der Waals surface area contributed by atoms with Crippen LogP contribution in [0.5, 0.6) is 5.75 Å². The first-order chi connectivity index (χ1) is 8.51. The molecule has 1 amide bonds. The summed E-state index contributed by atoms with van der Waals surface area (Å²) in [4.78, 5) is 13.5. The maximum Gasteiger partial charge on any atom is 0.238 e. The highest BCUT2D eigenvalue weighted by Gasteiger charge is 2.07. The third-order valence-corrected chi connectivity index (χ3v) is 2.33. The van der Waals surface area contributed by atoms with Gasteiger partial charge in [-0.1, -0.05) is 24.2 Å². The minimum atomic E-state index is -0.108. The van der Waals surface area contributed by atoms with Crippen LogP contribution in [0.2, 0.25) is 0 Å². The molecule has 1 aromatic rings. The van der Waals surface area contributed by atoms with Crippen LogP contribution in [0.4, 0.5) is 5.69 Å². The SMILES string of the molecule is C=C(Cl)CN(C)CC(=O)Nc1cccc(OC)c1. The van der Waals surface area contributed by atoms with Gasteiger partial charge in [-0.05, 0) is 19.2 Å². The van der Waals surface area contributed by atoms with Crippen LogP contribution in [0.3, 0.4) is 0 Å². The van der Waals surface area contributed by atoms with Crippen LogP contribution in [0.15, 0.2) is 35.9 Å². The summed E-state index contributed by atoms with van der Waals surface area (Å²) in [6.45, 7) is 4.32. The van der Waals surface area contributed by atoms with Gasteiger partial charge < -0.3 is 10.1 Å². The Bertz CT molecular complexity index is 435. The van der Waals surface area contributed by atoms with E-state index in [0.29, 0.717) is 23.0 Å². The molecule has 4 nitrogen and oxygen atoms in total. The van der Waals surface area contributed by atoms with E-state index in [4.69, 9.17) is 16.3 Å². The Balaban J connectivity index is 2.51. The van der Waals surface area contributed by atoms with Crippen LogP contribution in [-0.4, -0.2) is 38.1 Å². The number of amides is 1. The lowest BCUT2D eigenvalue weighted by Gasteiger charge is -2.15. The molecule has 0 atom stereocenters. The molecule has 0 saturated heterocycles. The maximum absolute atomic E-state index is 11.7. The first-order valence-electron chi connectivity index (χ1n) is 5.47. The number of halogens is 1. The van der Waals surface area contributed by atoms with Gasteiger partial charge in [0.2, 0.25) is 5.91 Å². The molecule has 0 aliphatic carbocycles. The zero-order valence-electron chi connectivity index (χ0n) is 10.6. The minimum absolute atomic E-state index is 0.108. The Morgan fingerprint density at radius 1 is 1.50 bits per heavy atom. The predicted molar refractivity (Wildman–Crippen MR) is 74.1 cm³/mol. The average molecular weight is 269 g/mol. The van der Waals surface area contributed by atoms with E-state index in [1.807, 2.05) is 12.1 Å². The van der Waals surface area contributed by atoms with Crippen molar-refractivity contribution >= 4 is 23.2 Å². The van der Waals surface area contributed by atoms with Crippen molar-refractivity contribution in [3.63, 3.8) is 0 Å². The molecule has 0 fully saturated rings. The molecule has 0 aromatic heterocycles. The van der Waals surface area contributed by atoms with Crippen molar-refractivity contribution in [2.24, 2.45) is 0 Å². The zero-order valence-corrected chi connectivity index (χ0v) is 11.3. The number of ether oxygens (including phenoxy) is 1. The van der Waals surface area contributed by atoms with Crippen LogP contribution in [0, 0.1) is 0 Å². The molecule has 0 aliphatic rings. The monoisotopic (exact) mass is 268 g/mol. The van der Waals surface area contributed by atoms with Gasteiger partial charge in [-0.2, -0.15) is 0 Å². The molecule has 0 radical (unpaired) electrons. The lowest BCUT2D eigenvalue weighted by molar-refractivity contribution is -0.116. The van der Waals surface area contributed by atoms with Crippen molar-refractivity contribution in [3.05, 3.63) is 35.9 Å². The van der Waals surface area contributed by atoms with E-state index in [1.165, 1.54) is 0 Å². The van der Waals surface area contributed by atoms with Crippen molar-refractivity contribution in [2.45, 2.75) is 0 Å². The van der Waals surface area contributed by atoms with Crippen LogP contribution < -0.4 is 10.1 Å². The predicted octanol–water partition coefficient (Wildman–Crippen LogP) is 2.32. The standard InChI is InChI=1S/C13H17ClN2O2/c1-10(14)8-16(2)9-13(17)15-11-5-4-6-12(7-11)18-3/h4-7H,1,8-9H2,2-3H3,(H,15,17). The summed E-state index contributed by atoms with van der Waals surface area (Å²) < 4.78 is 5.08.